The monoisotopic (exact) mass is 499 g/mol. The molecule has 1 nitrogen and oxygen atoms in total. The molecule has 0 spiro atoms. The van der Waals surface area contributed by atoms with Crippen LogP contribution >= 0.6 is 15.8 Å². The minimum absolute atomic E-state index is 0.0555. The van der Waals surface area contributed by atoms with E-state index in [1.54, 1.807) is 11.1 Å². The van der Waals surface area contributed by atoms with Gasteiger partial charge in [-0.25, -0.2) is 0 Å². The molecule has 5 atom stereocenters. The first kappa shape index (κ1) is 29.5. The third-order valence-electron chi connectivity index (χ3n) is 7.38. The number of hydrogen-bond acceptors (Lipinski definition) is 1. The molecule has 1 aliphatic heterocycles. The Morgan fingerprint density at radius 1 is 0.941 bits per heavy atom. The maximum Gasteiger partial charge on any atom is 0.0544 e. The molecule has 2 aromatic rings. The normalized spacial score (nSPS) is 21.2. The lowest BCUT2D eigenvalue weighted by Gasteiger charge is -2.40. The van der Waals surface area contributed by atoms with E-state index in [2.05, 4.69) is 93.4 Å². The van der Waals surface area contributed by atoms with Crippen molar-refractivity contribution in [1.82, 2.24) is 4.90 Å². The first-order valence-electron chi connectivity index (χ1n) is 13.9. The van der Waals surface area contributed by atoms with Gasteiger partial charge in [0.1, 0.15) is 0 Å². The molecule has 1 fully saturated rings. The van der Waals surface area contributed by atoms with Gasteiger partial charge in [0.2, 0.25) is 0 Å². The van der Waals surface area contributed by atoms with Gasteiger partial charge in [0, 0.05) is 5.66 Å². The Morgan fingerprint density at radius 3 is 2.21 bits per heavy atom. The maximum absolute atomic E-state index is 2.64. The highest BCUT2D eigenvalue weighted by Gasteiger charge is 2.30. The Hall–Kier alpha value is -0.740. The summed E-state index contributed by atoms with van der Waals surface area (Å²) in [5.41, 5.74) is 3.84. The first-order valence-corrected chi connectivity index (χ1v) is 17.4. The van der Waals surface area contributed by atoms with Crippen LogP contribution in [-0.2, 0) is 0 Å². The molecular formula is C31H51NP2. The lowest BCUT2D eigenvalue weighted by molar-refractivity contribution is 0.301. The molecule has 0 radical (unpaired) electrons. The van der Waals surface area contributed by atoms with Gasteiger partial charge in [-0.2, -0.15) is 0 Å². The summed E-state index contributed by atoms with van der Waals surface area (Å²) in [5, 5.41) is 0. The molecule has 0 saturated carbocycles. The molecule has 190 valence electrons. The van der Waals surface area contributed by atoms with E-state index in [-0.39, 0.29) is 15.8 Å². The van der Waals surface area contributed by atoms with Crippen molar-refractivity contribution in [3.63, 3.8) is 0 Å². The molecule has 1 aliphatic rings. The molecule has 2 aromatic carbocycles. The summed E-state index contributed by atoms with van der Waals surface area (Å²) in [4.78, 5) is 2.64. The van der Waals surface area contributed by atoms with Gasteiger partial charge in [0.15, 0.2) is 0 Å². The van der Waals surface area contributed by atoms with Crippen LogP contribution in [0.25, 0.3) is 0 Å². The van der Waals surface area contributed by atoms with Crippen molar-refractivity contribution in [2.75, 3.05) is 38.2 Å². The lowest BCUT2D eigenvalue weighted by Crippen LogP contribution is -2.30. The molecule has 0 aliphatic carbocycles. The van der Waals surface area contributed by atoms with Crippen molar-refractivity contribution in [2.45, 2.75) is 78.2 Å². The Balaban J connectivity index is 0.00000199. The number of hydrogen-bond donors (Lipinski definition) is 0. The SMILES string of the molecule is CC.CC[C@@H](C)CCCP(CCCP1CCCN(C)C1c1ccccc1)C(C)c1ccccc1. The Bertz CT molecular complexity index is 751. The average molecular weight is 500 g/mol. The van der Waals surface area contributed by atoms with Crippen molar-refractivity contribution in [3.05, 3.63) is 71.8 Å². The standard InChI is InChI=1S/C29H45NP2.C2H6/c1-5-25(2)15-12-21-31(26(3)27-16-8-6-9-17-27)23-14-24-32-22-13-20-30(4)29(32)28-18-10-7-11-19-28;1-2/h6-11,16-19,25-26,29H,5,12-15,20-24H2,1-4H3;1-2H3/t25-,26?,29?,31?,32?;/m1./s1. The number of benzene rings is 2. The Labute approximate surface area is 214 Å². The highest BCUT2D eigenvalue weighted by atomic mass is 31.1. The molecule has 0 N–H and O–H groups in total. The molecular weight excluding hydrogens is 448 g/mol. The topological polar surface area (TPSA) is 3.24 Å². The predicted octanol–water partition coefficient (Wildman–Crippen LogP) is 9.99. The van der Waals surface area contributed by atoms with E-state index in [9.17, 15) is 0 Å². The van der Waals surface area contributed by atoms with Crippen LogP contribution in [0, 0.1) is 5.92 Å². The fourth-order valence-electron chi connectivity index (χ4n) is 5.14. The van der Waals surface area contributed by atoms with Gasteiger partial charge in [-0.15, -0.1) is 0 Å². The van der Waals surface area contributed by atoms with Crippen molar-refractivity contribution < 1.29 is 0 Å². The molecule has 1 saturated heterocycles. The first-order chi connectivity index (χ1) is 16.6. The molecule has 0 aromatic heterocycles. The largest absolute Gasteiger partial charge is 0.296 e. The fraction of sp³-hybridized carbons (Fsp3) is 0.613. The third kappa shape index (κ3) is 9.37. The molecule has 0 bridgehead atoms. The van der Waals surface area contributed by atoms with Gasteiger partial charge in [-0.05, 0) is 74.5 Å². The molecule has 34 heavy (non-hydrogen) atoms. The molecule has 0 amide bonds. The molecule has 3 rings (SSSR count). The van der Waals surface area contributed by atoms with Crippen molar-refractivity contribution in [1.29, 1.82) is 0 Å². The lowest BCUT2D eigenvalue weighted by atomic mass is 10.0. The van der Waals surface area contributed by atoms with Gasteiger partial charge in [-0.1, -0.05) is 124 Å². The molecule has 3 heteroatoms. The van der Waals surface area contributed by atoms with Gasteiger partial charge in [0.25, 0.3) is 0 Å². The van der Waals surface area contributed by atoms with Crippen molar-refractivity contribution >= 4 is 15.8 Å². The average Bonchev–Trinajstić information content (AvgIpc) is 2.89. The fourth-order valence-corrected chi connectivity index (χ4v) is 11.2. The van der Waals surface area contributed by atoms with E-state index in [0.717, 1.165) is 11.6 Å². The van der Waals surface area contributed by atoms with E-state index in [1.165, 1.54) is 63.3 Å². The van der Waals surface area contributed by atoms with Gasteiger partial charge >= 0.3 is 0 Å². The Kier molecular flexibility index (Phi) is 14.6. The van der Waals surface area contributed by atoms with Gasteiger partial charge in [0.05, 0.1) is 5.78 Å². The zero-order valence-corrected chi connectivity index (χ0v) is 24.7. The summed E-state index contributed by atoms with van der Waals surface area (Å²) in [6.45, 7) is 12.5. The van der Waals surface area contributed by atoms with Crippen LogP contribution in [0.4, 0.5) is 0 Å². The van der Waals surface area contributed by atoms with Crippen LogP contribution in [0.15, 0.2) is 60.7 Å². The maximum atomic E-state index is 2.64. The summed E-state index contributed by atoms with van der Waals surface area (Å²) in [6.07, 6.45) is 12.8. The summed E-state index contributed by atoms with van der Waals surface area (Å²) >= 11 is 0. The summed E-state index contributed by atoms with van der Waals surface area (Å²) in [7, 11) is 2.46. The number of nitrogens with zero attached hydrogens (tertiary/aromatic N) is 1. The summed E-state index contributed by atoms with van der Waals surface area (Å²) < 4.78 is 0. The van der Waals surface area contributed by atoms with Gasteiger partial charge in [-0.3, -0.25) is 4.90 Å². The van der Waals surface area contributed by atoms with Crippen LogP contribution < -0.4 is 0 Å². The van der Waals surface area contributed by atoms with Crippen LogP contribution in [0.5, 0.6) is 0 Å². The Morgan fingerprint density at radius 2 is 1.56 bits per heavy atom. The van der Waals surface area contributed by atoms with E-state index < -0.39 is 0 Å². The van der Waals surface area contributed by atoms with Crippen LogP contribution in [0.3, 0.4) is 0 Å². The van der Waals surface area contributed by atoms with E-state index in [0.29, 0.717) is 5.78 Å². The van der Waals surface area contributed by atoms with Crippen LogP contribution in [-0.4, -0.2) is 43.1 Å². The number of rotatable bonds is 12. The minimum atomic E-state index is 0.0555. The summed E-state index contributed by atoms with van der Waals surface area (Å²) in [5.74, 6) is 1.55. The van der Waals surface area contributed by atoms with E-state index in [4.69, 9.17) is 0 Å². The highest BCUT2D eigenvalue weighted by molar-refractivity contribution is 7.59. The quantitative estimate of drug-likeness (QED) is 0.263. The molecule has 4 unspecified atom stereocenters. The van der Waals surface area contributed by atoms with Crippen LogP contribution in [0.2, 0.25) is 0 Å². The predicted molar refractivity (Wildman–Crippen MR) is 159 cm³/mol. The van der Waals surface area contributed by atoms with E-state index in [1.807, 2.05) is 13.8 Å². The highest BCUT2D eigenvalue weighted by Crippen LogP contribution is 2.57. The molecule has 1 heterocycles. The second kappa shape index (κ2) is 16.8. The zero-order valence-electron chi connectivity index (χ0n) is 22.9. The van der Waals surface area contributed by atoms with Crippen molar-refractivity contribution in [2.24, 2.45) is 5.92 Å². The smallest absolute Gasteiger partial charge is 0.0544 e. The van der Waals surface area contributed by atoms with E-state index >= 15 is 0 Å². The summed E-state index contributed by atoms with van der Waals surface area (Å²) in [6, 6.07) is 22.7. The van der Waals surface area contributed by atoms with Crippen molar-refractivity contribution in [3.8, 4) is 0 Å². The van der Waals surface area contributed by atoms with Gasteiger partial charge < -0.3 is 0 Å². The zero-order chi connectivity index (χ0) is 24.8. The van der Waals surface area contributed by atoms with Crippen LogP contribution in [0.1, 0.15) is 89.3 Å². The second-order valence-corrected chi connectivity index (χ2v) is 15.2. The minimum Gasteiger partial charge on any atom is -0.296 e. The third-order valence-corrected chi connectivity index (χ3v) is 13.7. The second-order valence-electron chi connectivity index (χ2n) is 9.79.